The van der Waals surface area contributed by atoms with E-state index in [1.807, 2.05) is 0 Å². The van der Waals surface area contributed by atoms with Crippen LogP contribution >= 0.6 is 24.8 Å². The van der Waals surface area contributed by atoms with Gasteiger partial charge in [-0.05, 0) is 12.8 Å². The maximum atomic E-state index is 9.96. The average molecular weight is 499 g/mol. The normalized spacial score (nSPS) is 10.8. The van der Waals surface area contributed by atoms with Gasteiger partial charge in [0.25, 0.3) is 0 Å². The van der Waals surface area contributed by atoms with Crippen molar-refractivity contribution in [1.82, 2.24) is 5.32 Å². The first-order valence-corrected chi connectivity index (χ1v) is 15.1. The predicted octanol–water partition coefficient (Wildman–Crippen LogP) is 9.49. The first kappa shape index (κ1) is 32.6. The lowest BCUT2D eigenvalue weighted by Crippen LogP contribution is -2.17. The van der Waals surface area contributed by atoms with Crippen LogP contribution in [0.3, 0.4) is 0 Å². The molecule has 0 aliphatic heterocycles. The molecule has 5 heteroatoms. The molecule has 0 fully saturated rings. The molecule has 0 unspecified atom stereocenters. The number of rotatable bonds is 27. The maximum absolute atomic E-state index is 9.96. The molecule has 0 aromatic carbocycles. The SMILES string of the molecule is O=C=NCCCCCCCCCCCCCCCCCCCCCCCCCCNC(=S)S. The Labute approximate surface area is 217 Å². The Morgan fingerprint density at radius 2 is 0.818 bits per heavy atom. The van der Waals surface area contributed by atoms with E-state index in [0.717, 1.165) is 13.0 Å². The summed E-state index contributed by atoms with van der Waals surface area (Å²) in [5.74, 6) is 0. The third kappa shape index (κ3) is 31.6. The molecule has 0 amide bonds. The Balaban J connectivity index is 3.02. The molecule has 0 heterocycles. The Bertz CT molecular complexity index is 427. The highest BCUT2D eigenvalue weighted by molar-refractivity contribution is 8.11. The highest BCUT2D eigenvalue weighted by Gasteiger charge is 1.96. The Morgan fingerprint density at radius 1 is 0.545 bits per heavy atom. The molecule has 194 valence electrons. The fraction of sp³-hybridized carbons (Fsp3) is 0.929. The highest BCUT2D eigenvalue weighted by atomic mass is 32.1. The Morgan fingerprint density at radius 3 is 1.09 bits per heavy atom. The van der Waals surface area contributed by atoms with Gasteiger partial charge in [-0.25, -0.2) is 9.79 Å². The number of carbonyl (C=O) groups excluding carboxylic acids is 1. The molecule has 0 aliphatic carbocycles. The van der Waals surface area contributed by atoms with Crippen LogP contribution in [-0.2, 0) is 4.79 Å². The molecule has 0 spiro atoms. The fourth-order valence-corrected chi connectivity index (χ4v) is 4.66. The van der Waals surface area contributed by atoms with E-state index < -0.39 is 0 Å². The van der Waals surface area contributed by atoms with Crippen LogP contribution in [0.1, 0.15) is 154 Å². The monoisotopic (exact) mass is 498 g/mol. The number of thiocarbonyl (C=S) groups is 1. The van der Waals surface area contributed by atoms with Gasteiger partial charge in [0.15, 0.2) is 0 Å². The van der Waals surface area contributed by atoms with Gasteiger partial charge in [0.05, 0.1) is 6.54 Å². The van der Waals surface area contributed by atoms with Crippen molar-refractivity contribution in [1.29, 1.82) is 0 Å². The van der Waals surface area contributed by atoms with Gasteiger partial charge in [-0.1, -0.05) is 153 Å². The summed E-state index contributed by atoms with van der Waals surface area (Å²) in [6.45, 7) is 1.64. The molecule has 1 N–H and O–H groups in total. The van der Waals surface area contributed by atoms with Crippen molar-refractivity contribution in [2.45, 2.75) is 154 Å². The van der Waals surface area contributed by atoms with Gasteiger partial charge in [0, 0.05) is 6.54 Å². The minimum atomic E-state index is 0.621. The van der Waals surface area contributed by atoms with Crippen LogP contribution in [-0.4, -0.2) is 23.5 Å². The van der Waals surface area contributed by atoms with Crippen LogP contribution in [0.15, 0.2) is 4.99 Å². The number of nitrogens with one attached hydrogen (secondary N) is 1. The quantitative estimate of drug-likeness (QED) is 0.0389. The summed E-state index contributed by atoms with van der Waals surface area (Å²) in [7, 11) is 0. The molecular formula is C28H54N2OS2. The smallest absolute Gasteiger partial charge is 0.234 e. The molecule has 0 aromatic heterocycles. The van der Waals surface area contributed by atoms with E-state index in [4.69, 9.17) is 12.2 Å². The molecule has 0 rings (SSSR count). The van der Waals surface area contributed by atoms with Gasteiger partial charge in [-0.3, -0.25) is 0 Å². The van der Waals surface area contributed by atoms with Gasteiger partial charge in [-0.15, -0.1) is 12.6 Å². The summed E-state index contributed by atoms with van der Waals surface area (Å²) in [4.78, 5) is 13.6. The van der Waals surface area contributed by atoms with E-state index >= 15 is 0 Å². The van der Waals surface area contributed by atoms with Gasteiger partial charge < -0.3 is 5.32 Å². The van der Waals surface area contributed by atoms with Crippen LogP contribution in [0.25, 0.3) is 0 Å². The number of hydrogen-bond donors (Lipinski definition) is 2. The van der Waals surface area contributed by atoms with Crippen LogP contribution in [0, 0.1) is 0 Å². The first-order chi connectivity index (χ1) is 16.3. The van der Waals surface area contributed by atoms with Crippen molar-refractivity contribution in [3.63, 3.8) is 0 Å². The zero-order valence-corrected chi connectivity index (χ0v) is 23.3. The van der Waals surface area contributed by atoms with Gasteiger partial charge in [0.2, 0.25) is 6.08 Å². The summed E-state index contributed by atoms with van der Waals surface area (Å²) in [5, 5.41) is 3.10. The molecule has 0 saturated heterocycles. The van der Waals surface area contributed by atoms with Crippen molar-refractivity contribution in [2.24, 2.45) is 4.99 Å². The third-order valence-electron chi connectivity index (χ3n) is 6.54. The van der Waals surface area contributed by atoms with E-state index in [1.165, 1.54) is 148 Å². The van der Waals surface area contributed by atoms with Gasteiger partial charge in [-0.2, -0.15) is 0 Å². The van der Waals surface area contributed by atoms with E-state index in [-0.39, 0.29) is 0 Å². The molecule has 33 heavy (non-hydrogen) atoms. The predicted molar refractivity (Wildman–Crippen MR) is 153 cm³/mol. The summed E-state index contributed by atoms with van der Waals surface area (Å²) in [6, 6.07) is 0. The number of aliphatic imine (C=N–C) groups is 1. The molecule has 0 atom stereocenters. The van der Waals surface area contributed by atoms with Crippen molar-refractivity contribution < 1.29 is 4.79 Å². The number of nitrogens with zero attached hydrogens (tertiary/aromatic N) is 1. The molecule has 0 radical (unpaired) electrons. The van der Waals surface area contributed by atoms with Crippen LogP contribution < -0.4 is 5.32 Å². The Kier molecular flexibility index (Phi) is 29.3. The van der Waals surface area contributed by atoms with E-state index in [9.17, 15) is 4.79 Å². The molecule has 0 bridgehead atoms. The van der Waals surface area contributed by atoms with Crippen molar-refractivity contribution in [2.75, 3.05) is 13.1 Å². The molecule has 3 nitrogen and oxygen atoms in total. The van der Waals surface area contributed by atoms with E-state index in [2.05, 4.69) is 22.9 Å². The molecular weight excluding hydrogens is 444 g/mol. The lowest BCUT2D eigenvalue weighted by atomic mass is 10.0. The topological polar surface area (TPSA) is 41.5 Å². The standard InChI is InChI=1S/C28H54N2OS2/c31-27-29-25-23-21-19-17-15-13-11-9-7-5-3-1-2-4-6-8-10-12-14-16-18-20-22-24-26-30-28(32)33/h1-26H2,(H2,30,32,33). The second kappa shape index (κ2) is 29.7. The number of thiol groups is 1. The third-order valence-corrected chi connectivity index (χ3v) is 6.84. The van der Waals surface area contributed by atoms with Gasteiger partial charge >= 0.3 is 0 Å². The average Bonchev–Trinajstić information content (AvgIpc) is 2.80. The zero-order chi connectivity index (χ0) is 24.1. The summed E-state index contributed by atoms with van der Waals surface area (Å²) < 4.78 is 0.621. The minimum Gasteiger partial charge on any atom is -0.371 e. The number of isocyanates is 1. The lowest BCUT2D eigenvalue weighted by Gasteiger charge is -2.05. The molecule has 0 saturated carbocycles. The van der Waals surface area contributed by atoms with Crippen molar-refractivity contribution >= 4 is 35.2 Å². The van der Waals surface area contributed by atoms with E-state index in [1.54, 1.807) is 6.08 Å². The Hall–Kier alpha value is -0.380. The molecule has 0 aromatic rings. The zero-order valence-electron chi connectivity index (χ0n) is 21.6. The second-order valence-corrected chi connectivity index (χ2v) is 10.8. The fourth-order valence-electron chi connectivity index (χ4n) is 4.45. The number of hydrogen-bond acceptors (Lipinski definition) is 3. The minimum absolute atomic E-state index is 0.621. The largest absolute Gasteiger partial charge is 0.371 e. The highest BCUT2D eigenvalue weighted by Crippen LogP contribution is 2.15. The van der Waals surface area contributed by atoms with E-state index in [0.29, 0.717) is 10.9 Å². The molecule has 0 aliphatic rings. The maximum Gasteiger partial charge on any atom is 0.234 e. The first-order valence-electron chi connectivity index (χ1n) is 14.3. The van der Waals surface area contributed by atoms with Crippen LogP contribution in [0.2, 0.25) is 0 Å². The van der Waals surface area contributed by atoms with Crippen LogP contribution in [0.5, 0.6) is 0 Å². The number of unbranched alkanes of at least 4 members (excludes halogenated alkanes) is 23. The lowest BCUT2D eigenvalue weighted by molar-refractivity contribution is 0.516. The summed E-state index contributed by atoms with van der Waals surface area (Å²) in [5.41, 5.74) is 0. The van der Waals surface area contributed by atoms with Gasteiger partial charge in [0.1, 0.15) is 4.32 Å². The summed E-state index contributed by atoms with van der Waals surface area (Å²) in [6.07, 6.45) is 34.7. The van der Waals surface area contributed by atoms with Crippen molar-refractivity contribution in [3.05, 3.63) is 0 Å². The second-order valence-electron chi connectivity index (χ2n) is 9.69. The van der Waals surface area contributed by atoms with Crippen LogP contribution in [0.4, 0.5) is 0 Å². The summed E-state index contributed by atoms with van der Waals surface area (Å²) >= 11 is 8.96. The van der Waals surface area contributed by atoms with Crippen molar-refractivity contribution in [3.8, 4) is 0 Å².